The zero-order chi connectivity index (χ0) is 32.8. The molecular weight excluding hydrogens is 596 g/mol. The minimum Gasteiger partial charge on any atom is -0.390 e. The van der Waals surface area contributed by atoms with E-state index in [2.05, 4.69) is 10.6 Å². The van der Waals surface area contributed by atoms with Gasteiger partial charge in [0.05, 0.1) is 43.6 Å². The highest BCUT2D eigenvalue weighted by Gasteiger charge is 2.39. The highest BCUT2D eigenvalue weighted by atomic mass is 16.5. The summed E-state index contributed by atoms with van der Waals surface area (Å²) in [6.45, 7) is 0.125. The van der Waals surface area contributed by atoms with E-state index in [1.807, 2.05) is 109 Å². The van der Waals surface area contributed by atoms with Gasteiger partial charge in [-0.15, -0.1) is 0 Å². The molecule has 2 aliphatic carbocycles. The lowest BCUT2D eigenvalue weighted by molar-refractivity contribution is -0.150. The van der Waals surface area contributed by atoms with E-state index in [1.165, 1.54) is 0 Å². The molecule has 1 unspecified atom stereocenters. The molecular formula is C38H40N2O7. The number of aliphatic hydroxyl groups excluding tert-OH is 3. The van der Waals surface area contributed by atoms with E-state index in [0.29, 0.717) is 12.8 Å². The summed E-state index contributed by atoms with van der Waals surface area (Å²) in [6, 6.07) is 32.4. The van der Waals surface area contributed by atoms with Crippen LogP contribution in [0.1, 0.15) is 51.9 Å². The molecule has 0 spiro atoms. The second kappa shape index (κ2) is 15.0. The first-order valence-corrected chi connectivity index (χ1v) is 16.0. The summed E-state index contributed by atoms with van der Waals surface area (Å²) in [5, 5.41) is 39.1. The van der Waals surface area contributed by atoms with Crippen LogP contribution in [-0.2, 0) is 45.1 Å². The number of carbonyl (C=O) groups excluding carboxylic acids is 2. The number of amides is 2. The summed E-state index contributed by atoms with van der Waals surface area (Å²) in [5.41, 5.74) is 5.10. The van der Waals surface area contributed by atoms with E-state index in [4.69, 9.17) is 9.47 Å². The molecule has 0 saturated heterocycles. The maximum absolute atomic E-state index is 13.8. The van der Waals surface area contributed by atoms with Gasteiger partial charge in [-0.25, -0.2) is 0 Å². The van der Waals surface area contributed by atoms with Crippen molar-refractivity contribution >= 4 is 11.8 Å². The van der Waals surface area contributed by atoms with Crippen molar-refractivity contribution in [2.45, 2.75) is 75.1 Å². The Bertz CT molecular complexity index is 1650. The predicted molar refractivity (Wildman–Crippen MR) is 175 cm³/mol. The van der Waals surface area contributed by atoms with Crippen LogP contribution in [0.2, 0.25) is 0 Å². The monoisotopic (exact) mass is 636 g/mol. The Balaban J connectivity index is 1.20. The third-order valence-corrected chi connectivity index (χ3v) is 8.95. The van der Waals surface area contributed by atoms with Crippen LogP contribution in [0.25, 0.3) is 0 Å². The predicted octanol–water partition coefficient (Wildman–Crippen LogP) is 3.46. The van der Waals surface area contributed by atoms with E-state index in [9.17, 15) is 24.9 Å². The molecule has 2 amide bonds. The number of carbonyl (C=O) groups is 2. The van der Waals surface area contributed by atoms with Gasteiger partial charge in [0.1, 0.15) is 6.10 Å². The second-order valence-electron chi connectivity index (χ2n) is 12.2. The SMILES string of the molecule is O=C(NC1Cc2ccccc2[C@@H]1O)[C@@H](C[C@@H](O)[C@@H](OCc1ccccc1)C(=O)N[C@H]1c2ccccc2C[C@H]1O)OCc1ccccc1. The maximum Gasteiger partial charge on any atom is 0.252 e. The number of fused-ring (bicyclic) bond motifs is 2. The van der Waals surface area contributed by atoms with Gasteiger partial charge in [-0.3, -0.25) is 9.59 Å². The van der Waals surface area contributed by atoms with E-state index in [1.54, 1.807) is 0 Å². The topological polar surface area (TPSA) is 137 Å². The zero-order valence-electron chi connectivity index (χ0n) is 25.9. The Labute approximate surface area is 274 Å². The largest absolute Gasteiger partial charge is 0.390 e. The molecule has 4 aromatic carbocycles. The smallest absolute Gasteiger partial charge is 0.252 e. The van der Waals surface area contributed by atoms with Crippen LogP contribution in [0, 0.1) is 0 Å². The zero-order valence-corrected chi connectivity index (χ0v) is 25.9. The molecule has 0 bridgehead atoms. The van der Waals surface area contributed by atoms with Crippen molar-refractivity contribution in [2.24, 2.45) is 0 Å². The molecule has 0 aromatic heterocycles. The summed E-state index contributed by atoms with van der Waals surface area (Å²) in [4.78, 5) is 27.6. The van der Waals surface area contributed by atoms with E-state index < -0.39 is 54.4 Å². The lowest BCUT2D eigenvalue weighted by atomic mass is 10.0. The van der Waals surface area contributed by atoms with Gasteiger partial charge < -0.3 is 35.4 Å². The van der Waals surface area contributed by atoms with Gasteiger partial charge in [0.2, 0.25) is 5.91 Å². The summed E-state index contributed by atoms with van der Waals surface area (Å²) in [5.74, 6) is -1.13. The Hall–Kier alpha value is -4.38. The first-order chi connectivity index (χ1) is 22.9. The third kappa shape index (κ3) is 7.78. The standard InChI is InChI=1S/C38H40N2O7/c41-31-20-27-16-7-9-17-28(27)34(31)40-38(45)36(47-23-25-13-5-2-6-14-25)32(42)21-33(46-22-24-11-3-1-4-12-24)37(44)39-30-19-26-15-8-10-18-29(26)35(30)43/h1-18,30-36,41-43H,19-23H2,(H,39,44)(H,40,45)/t30?,31-,32-,33-,34+,35+,36-/m1/s1. The fourth-order valence-electron chi connectivity index (χ4n) is 6.45. The van der Waals surface area contributed by atoms with Crippen LogP contribution in [0.15, 0.2) is 109 Å². The minimum atomic E-state index is -1.45. The van der Waals surface area contributed by atoms with Crippen molar-refractivity contribution in [1.29, 1.82) is 0 Å². The molecule has 9 nitrogen and oxygen atoms in total. The highest BCUT2D eigenvalue weighted by molar-refractivity contribution is 5.83. The van der Waals surface area contributed by atoms with Crippen molar-refractivity contribution in [1.82, 2.24) is 10.6 Å². The van der Waals surface area contributed by atoms with Crippen molar-refractivity contribution in [2.75, 3.05) is 0 Å². The molecule has 47 heavy (non-hydrogen) atoms. The third-order valence-electron chi connectivity index (χ3n) is 8.95. The Morgan fingerprint density at radius 1 is 0.681 bits per heavy atom. The molecule has 244 valence electrons. The molecule has 0 fully saturated rings. The van der Waals surface area contributed by atoms with E-state index in [0.717, 1.165) is 33.4 Å². The van der Waals surface area contributed by atoms with Gasteiger partial charge in [0.25, 0.3) is 5.91 Å². The van der Waals surface area contributed by atoms with Crippen molar-refractivity contribution in [3.8, 4) is 0 Å². The van der Waals surface area contributed by atoms with E-state index in [-0.39, 0.29) is 19.6 Å². The molecule has 7 atom stereocenters. The average molecular weight is 637 g/mol. The van der Waals surface area contributed by atoms with Crippen molar-refractivity contribution < 1.29 is 34.4 Å². The molecule has 0 saturated carbocycles. The van der Waals surface area contributed by atoms with Crippen LogP contribution in [0.5, 0.6) is 0 Å². The number of rotatable bonds is 13. The lowest BCUT2D eigenvalue weighted by Crippen LogP contribution is -2.50. The van der Waals surface area contributed by atoms with Crippen LogP contribution < -0.4 is 10.6 Å². The first kappa shape index (κ1) is 32.6. The van der Waals surface area contributed by atoms with Gasteiger partial charge in [-0.05, 0) is 39.8 Å². The van der Waals surface area contributed by atoms with Crippen molar-refractivity contribution in [3.05, 3.63) is 143 Å². The van der Waals surface area contributed by atoms with Gasteiger partial charge in [0, 0.05) is 12.8 Å². The van der Waals surface area contributed by atoms with Gasteiger partial charge in [-0.2, -0.15) is 0 Å². The average Bonchev–Trinajstić information content (AvgIpc) is 3.58. The van der Waals surface area contributed by atoms with Crippen LogP contribution in [0.3, 0.4) is 0 Å². The number of hydrogen-bond acceptors (Lipinski definition) is 7. The van der Waals surface area contributed by atoms with Crippen LogP contribution in [-0.4, -0.2) is 57.6 Å². The Morgan fingerprint density at radius 3 is 1.87 bits per heavy atom. The van der Waals surface area contributed by atoms with E-state index >= 15 is 0 Å². The number of benzene rings is 4. The first-order valence-electron chi connectivity index (χ1n) is 16.0. The summed E-state index contributed by atoms with van der Waals surface area (Å²) in [6.07, 6.45) is -5.14. The molecule has 5 N–H and O–H groups in total. The normalized spacial score (nSPS) is 21.7. The lowest BCUT2D eigenvalue weighted by Gasteiger charge is -2.29. The number of nitrogens with one attached hydrogen (secondary N) is 2. The quantitative estimate of drug-likeness (QED) is 0.152. The van der Waals surface area contributed by atoms with Gasteiger partial charge >= 0.3 is 0 Å². The number of ether oxygens (including phenoxy) is 2. The molecule has 4 aromatic rings. The number of aliphatic hydroxyl groups is 3. The summed E-state index contributed by atoms with van der Waals surface area (Å²) >= 11 is 0. The molecule has 0 heterocycles. The van der Waals surface area contributed by atoms with Crippen LogP contribution >= 0.6 is 0 Å². The summed E-state index contributed by atoms with van der Waals surface area (Å²) in [7, 11) is 0. The second-order valence-corrected chi connectivity index (χ2v) is 12.2. The highest BCUT2D eigenvalue weighted by Crippen LogP contribution is 2.33. The van der Waals surface area contributed by atoms with Gasteiger partial charge in [0.15, 0.2) is 6.10 Å². The summed E-state index contributed by atoms with van der Waals surface area (Å²) < 4.78 is 12.1. The fourth-order valence-corrected chi connectivity index (χ4v) is 6.45. The van der Waals surface area contributed by atoms with Crippen LogP contribution in [0.4, 0.5) is 0 Å². The van der Waals surface area contributed by atoms with Crippen molar-refractivity contribution in [3.63, 3.8) is 0 Å². The minimum absolute atomic E-state index is 0.0358. The Morgan fingerprint density at radius 2 is 1.23 bits per heavy atom. The maximum atomic E-state index is 13.8. The Kier molecular flexibility index (Phi) is 10.4. The molecule has 9 heteroatoms. The molecule has 0 aliphatic heterocycles. The molecule has 0 radical (unpaired) electrons. The molecule has 6 rings (SSSR count). The number of hydrogen-bond donors (Lipinski definition) is 5. The fraction of sp³-hybridized carbons (Fsp3) is 0.316. The van der Waals surface area contributed by atoms with Gasteiger partial charge in [-0.1, -0.05) is 109 Å². The molecule has 2 aliphatic rings.